The lowest BCUT2D eigenvalue weighted by atomic mass is 10.1. The van der Waals surface area contributed by atoms with E-state index in [1.54, 1.807) is 30.3 Å². The second-order valence-electron chi connectivity index (χ2n) is 6.68. The summed E-state index contributed by atoms with van der Waals surface area (Å²) in [5.74, 6) is 0.338. The minimum absolute atomic E-state index is 0.101. The topological polar surface area (TPSA) is 123 Å². The average Bonchev–Trinajstić information content (AvgIpc) is 2.80. The van der Waals surface area contributed by atoms with Gasteiger partial charge in [-0.25, -0.2) is 9.97 Å². The van der Waals surface area contributed by atoms with Crippen LogP contribution < -0.4 is 21.3 Å². The van der Waals surface area contributed by atoms with Crippen LogP contribution in [-0.2, 0) is 6.61 Å². The predicted octanol–water partition coefficient (Wildman–Crippen LogP) is 3.25. The molecule has 0 saturated carbocycles. The van der Waals surface area contributed by atoms with E-state index in [4.69, 9.17) is 10.5 Å². The predicted molar refractivity (Wildman–Crippen MR) is 118 cm³/mol. The summed E-state index contributed by atoms with van der Waals surface area (Å²) in [6, 6.07) is 19.7. The van der Waals surface area contributed by atoms with Gasteiger partial charge in [0.05, 0.1) is 5.69 Å². The SMILES string of the molecule is Nc1nccc(-c2c[nH]c(=O)c(NC(=O)c3ccc(OCc4ccccc4)cc3)c2)n1. The second-order valence-corrected chi connectivity index (χ2v) is 6.68. The molecule has 0 spiro atoms. The lowest BCUT2D eigenvalue weighted by Crippen LogP contribution is -2.19. The summed E-state index contributed by atoms with van der Waals surface area (Å²) in [6.45, 7) is 0.433. The van der Waals surface area contributed by atoms with Crippen LogP contribution in [0.1, 0.15) is 15.9 Å². The first-order valence-electron chi connectivity index (χ1n) is 9.48. The van der Waals surface area contributed by atoms with Gasteiger partial charge in [-0.2, -0.15) is 0 Å². The van der Waals surface area contributed by atoms with Gasteiger partial charge in [-0.05, 0) is 42.0 Å². The van der Waals surface area contributed by atoms with E-state index in [2.05, 4.69) is 20.3 Å². The number of anilines is 2. The second kappa shape index (κ2) is 8.91. The summed E-state index contributed by atoms with van der Waals surface area (Å²) in [5, 5.41) is 2.63. The molecule has 4 N–H and O–H groups in total. The fraction of sp³-hybridized carbons (Fsp3) is 0.0435. The van der Waals surface area contributed by atoms with Crippen LogP contribution in [0.4, 0.5) is 11.6 Å². The van der Waals surface area contributed by atoms with Gasteiger partial charge in [0.1, 0.15) is 18.0 Å². The summed E-state index contributed by atoms with van der Waals surface area (Å²) in [4.78, 5) is 35.3. The summed E-state index contributed by atoms with van der Waals surface area (Å²) in [6.07, 6.45) is 3.01. The van der Waals surface area contributed by atoms with Crippen molar-refractivity contribution in [3.8, 4) is 17.0 Å². The highest BCUT2D eigenvalue weighted by atomic mass is 16.5. The molecule has 2 aromatic heterocycles. The molecule has 31 heavy (non-hydrogen) atoms. The van der Waals surface area contributed by atoms with E-state index < -0.39 is 11.5 Å². The Hall–Kier alpha value is -4.46. The molecule has 0 fully saturated rings. The van der Waals surface area contributed by atoms with Crippen LogP contribution in [0.25, 0.3) is 11.3 Å². The molecule has 4 aromatic rings. The number of nitrogen functional groups attached to an aromatic ring is 1. The fourth-order valence-corrected chi connectivity index (χ4v) is 2.90. The van der Waals surface area contributed by atoms with Gasteiger partial charge in [-0.3, -0.25) is 9.59 Å². The molecule has 0 saturated heterocycles. The Bertz CT molecular complexity index is 1250. The van der Waals surface area contributed by atoms with E-state index in [9.17, 15) is 9.59 Å². The minimum Gasteiger partial charge on any atom is -0.489 e. The third-order valence-electron chi connectivity index (χ3n) is 4.49. The normalized spacial score (nSPS) is 10.5. The summed E-state index contributed by atoms with van der Waals surface area (Å²) >= 11 is 0. The van der Waals surface area contributed by atoms with E-state index in [-0.39, 0.29) is 11.6 Å². The number of carbonyl (C=O) groups is 1. The van der Waals surface area contributed by atoms with Gasteiger partial charge in [-0.15, -0.1) is 0 Å². The van der Waals surface area contributed by atoms with E-state index in [1.807, 2.05) is 30.3 Å². The number of nitrogens with zero attached hydrogens (tertiary/aromatic N) is 2. The summed E-state index contributed by atoms with van der Waals surface area (Å²) in [7, 11) is 0. The molecule has 0 radical (unpaired) electrons. The van der Waals surface area contributed by atoms with Crippen molar-refractivity contribution in [2.24, 2.45) is 0 Å². The number of hydrogen-bond acceptors (Lipinski definition) is 6. The maximum absolute atomic E-state index is 12.6. The third kappa shape index (κ3) is 4.94. The average molecular weight is 413 g/mol. The summed E-state index contributed by atoms with van der Waals surface area (Å²) in [5.41, 5.74) is 7.85. The zero-order chi connectivity index (χ0) is 21.6. The number of benzene rings is 2. The van der Waals surface area contributed by atoms with Gasteiger partial charge in [0.25, 0.3) is 11.5 Å². The monoisotopic (exact) mass is 413 g/mol. The molecule has 1 amide bonds. The largest absolute Gasteiger partial charge is 0.489 e. The molecule has 0 unspecified atom stereocenters. The minimum atomic E-state index is -0.429. The number of pyridine rings is 1. The smallest absolute Gasteiger partial charge is 0.271 e. The lowest BCUT2D eigenvalue weighted by molar-refractivity contribution is 0.102. The molecule has 8 nitrogen and oxygen atoms in total. The number of ether oxygens (including phenoxy) is 1. The van der Waals surface area contributed by atoms with E-state index in [0.29, 0.717) is 29.2 Å². The van der Waals surface area contributed by atoms with Crippen molar-refractivity contribution in [2.75, 3.05) is 11.1 Å². The number of nitrogens with two attached hydrogens (primary N) is 1. The van der Waals surface area contributed by atoms with E-state index in [0.717, 1.165) is 5.56 Å². The molecule has 0 bridgehead atoms. The maximum Gasteiger partial charge on any atom is 0.271 e. The van der Waals surface area contributed by atoms with Crippen LogP contribution in [0.15, 0.2) is 83.9 Å². The highest BCUT2D eigenvalue weighted by molar-refractivity contribution is 6.04. The molecule has 2 heterocycles. The van der Waals surface area contributed by atoms with Crippen molar-refractivity contribution in [1.29, 1.82) is 0 Å². The first-order valence-corrected chi connectivity index (χ1v) is 9.48. The molecule has 0 aliphatic heterocycles. The molecule has 0 aliphatic rings. The molecule has 0 atom stereocenters. The number of aromatic nitrogens is 3. The van der Waals surface area contributed by atoms with Crippen LogP contribution >= 0.6 is 0 Å². The van der Waals surface area contributed by atoms with Crippen molar-refractivity contribution >= 4 is 17.5 Å². The molecule has 4 rings (SSSR count). The molecule has 8 heteroatoms. The number of hydrogen-bond donors (Lipinski definition) is 3. The highest BCUT2D eigenvalue weighted by Gasteiger charge is 2.11. The molecule has 2 aromatic carbocycles. The summed E-state index contributed by atoms with van der Waals surface area (Å²) < 4.78 is 5.73. The first kappa shape index (κ1) is 19.8. The number of carbonyl (C=O) groups excluding carboxylic acids is 1. The Kier molecular flexibility index (Phi) is 5.70. The van der Waals surface area contributed by atoms with E-state index in [1.165, 1.54) is 18.5 Å². The van der Waals surface area contributed by atoms with Crippen LogP contribution in [0, 0.1) is 0 Å². The molecule has 0 aliphatic carbocycles. The van der Waals surface area contributed by atoms with Gasteiger partial charge in [0.2, 0.25) is 5.95 Å². The fourth-order valence-electron chi connectivity index (χ4n) is 2.90. The Labute approximate surface area is 177 Å². The quantitative estimate of drug-likeness (QED) is 0.446. The Morgan fingerprint density at radius 3 is 2.58 bits per heavy atom. The van der Waals surface area contributed by atoms with Gasteiger partial charge >= 0.3 is 0 Å². The highest BCUT2D eigenvalue weighted by Crippen LogP contribution is 2.19. The molecular formula is C23H19N5O3. The number of H-pyrrole nitrogens is 1. The van der Waals surface area contributed by atoms with Crippen molar-refractivity contribution in [3.63, 3.8) is 0 Å². The Morgan fingerprint density at radius 2 is 1.84 bits per heavy atom. The van der Waals surface area contributed by atoms with E-state index >= 15 is 0 Å². The van der Waals surface area contributed by atoms with Crippen molar-refractivity contribution < 1.29 is 9.53 Å². The van der Waals surface area contributed by atoms with Crippen molar-refractivity contribution in [2.45, 2.75) is 6.61 Å². The number of aromatic amines is 1. The number of amides is 1. The number of nitrogens with one attached hydrogen (secondary N) is 2. The van der Waals surface area contributed by atoms with Gasteiger partial charge < -0.3 is 20.8 Å². The van der Waals surface area contributed by atoms with Crippen molar-refractivity contribution in [1.82, 2.24) is 15.0 Å². The van der Waals surface area contributed by atoms with Crippen molar-refractivity contribution in [3.05, 3.63) is 101 Å². The zero-order valence-corrected chi connectivity index (χ0v) is 16.4. The zero-order valence-electron chi connectivity index (χ0n) is 16.4. The molecular weight excluding hydrogens is 394 g/mol. The van der Waals surface area contributed by atoms with Crippen LogP contribution in [0.2, 0.25) is 0 Å². The maximum atomic E-state index is 12.6. The van der Waals surface area contributed by atoms with Gasteiger partial charge in [0.15, 0.2) is 0 Å². The lowest BCUT2D eigenvalue weighted by Gasteiger charge is -2.09. The Morgan fingerprint density at radius 1 is 1.06 bits per heavy atom. The van der Waals surface area contributed by atoms with Crippen LogP contribution in [0.3, 0.4) is 0 Å². The van der Waals surface area contributed by atoms with Crippen LogP contribution in [-0.4, -0.2) is 20.9 Å². The standard InChI is InChI=1S/C23H19N5O3/c24-23-25-11-10-19(28-23)17-12-20(22(30)26-13-17)27-21(29)16-6-8-18(9-7-16)31-14-15-4-2-1-3-5-15/h1-13H,14H2,(H,26,30)(H,27,29)(H2,24,25,28). The molecule has 154 valence electrons. The van der Waals surface area contributed by atoms with Gasteiger partial charge in [0, 0.05) is 23.5 Å². The number of rotatable bonds is 6. The van der Waals surface area contributed by atoms with Gasteiger partial charge in [-0.1, -0.05) is 30.3 Å². The third-order valence-corrected chi connectivity index (χ3v) is 4.49. The van der Waals surface area contributed by atoms with Crippen LogP contribution in [0.5, 0.6) is 5.75 Å². The Balaban J connectivity index is 1.45. The first-order chi connectivity index (χ1) is 15.1.